The first-order chi connectivity index (χ1) is 27.5. The Morgan fingerprint density at radius 3 is 1.38 bits per heavy atom. The molecule has 9 aromatic rings. The first kappa shape index (κ1) is 32.5. The van der Waals surface area contributed by atoms with Crippen molar-refractivity contribution in [3.63, 3.8) is 0 Å². The van der Waals surface area contributed by atoms with Gasteiger partial charge in [0.25, 0.3) is 0 Å². The molecule has 2 aliphatic rings. The van der Waals surface area contributed by atoms with Crippen LogP contribution in [0.15, 0.2) is 188 Å². The molecule has 11 rings (SSSR count). The van der Waals surface area contributed by atoms with Crippen molar-refractivity contribution >= 4 is 10.8 Å². The molecule has 56 heavy (non-hydrogen) atoms. The number of aromatic nitrogens is 3. The molecule has 0 N–H and O–H groups in total. The molecule has 1 heterocycles. The highest BCUT2D eigenvalue weighted by Gasteiger charge is 2.46. The van der Waals surface area contributed by atoms with E-state index in [1.54, 1.807) is 0 Å². The Labute approximate surface area is 327 Å². The number of rotatable bonds is 5. The highest BCUT2D eigenvalue weighted by Crippen LogP contribution is 2.56. The van der Waals surface area contributed by atoms with Crippen LogP contribution in [0.5, 0.6) is 0 Å². The Kier molecular flexibility index (Phi) is 7.11. The molecule has 0 fully saturated rings. The zero-order valence-corrected chi connectivity index (χ0v) is 31.2. The Morgan fingerprint density at radius 2 is 0.750 bits per heavy atom. The molecule has 264 valence electrons. The molecule has 3 nitrogen and oxygen atoms in total. The fourth-order valence-corrected chi connectivity index (χ4v) is 9.52. The second-order valence-electron chi connectivity index (χ2n) is 15.6. The summed E-state index contributed by atoms with van der Waals surface area (Å²) in [5, 5.41) is 2.33. The molecule has 3 heteroatoms. The zero-order valence-electron chi connectivity index (χ0n) is 31.2. The van der Waals surface area contributed by atoms with E-state index in [9.17, 15) is 0 Å². The number of hydrogen-bond donors (Lipinski definition) is 0. The maximum atomic E-state index is 5.33. The molecule has 0 aliphatic heterocycles. The highest BCUT2D eigenvalue weighted by molar-refractivity contribution is 5.89. The largest absolute Gasteiger partial charge is 0.208 e. The van der Waals surface area contributed by atoms with Gasteiger partial charge >= 0.3 is 0 Å². The molecule has 0 bridgehead atoms. The van der Waals surface area contributed by atoms with Gasteiger partial charge in [0.05, 0.1) is 5.41 Å². The molecule has 0 saturated heterocycles. The second-order valence-corrected chi connectivity index (χ2v) is 15.6. The molecular weight excluding hydrogens is 679 g/mol. The van der Waals surface area contributed by atoms with Gasteiger partial charge in [-0.1, -0.05) is 184 Å². The first-order valence-electron chi connectivity index (χ1n) is 19.4. The lowest BCUT2D eigenvalue weighted by atomic mass is 9.67. The summed E-state index contributed by atoms with van der Waals surface area (Å²) in [5.74, 6) is 1.96. The second kappa shape index (κ2) is 12.3. The van der Waals surface area contributed by atoms with Crippen LogP contribution >= 0.6 is 0 Å². The van der Waals surface area contributed by atoms with E-state index >= 15 is 0 Å². The minimum absolute atomic E-state index is 0.147. The van der Waals surface area contributed by atoms with Crippen LogP contribution in [-0.2, 0) is 10.8 Å². The lowest BCUT2D eigenvalue weighted by Gasteiger charge is -2.34. The number of benzene rings is 8. The minimum atomic E-state index is -0.526. The van der Waals surface area contributed by atoms with Crippen LogP contribution in [0.4, 0.5) is 0 Å². The molecular formula is C53H37N3. The highest BCUT2D eigenvalue weighted by atomic mass is 15.0. The predicted octanol–water partition coefficient (Wildman–Crippen LogP) is 12.7. The topological polar surface area (TPSA) is 38.7 Å². The van der Waals surface area contributed by atoms with Gasteiger partial charge in [-0.25, -0.2) is 15.0 Å². The smallest absolute Gasteiger partial charge is 0.164 e. The first-order valence-corrected chi connectivity index (χ1v) is 19.4. The molecule has 0 unspecified atom stereocenters. The molecule has 2 aliphatic carbocycles. The van der Waals surface area contributed by atoms with E-state index in [1.807, 2.05) is 0 Å². The van der Waals surface area contributed by atoms with Gasteiger partial charge in [-0.3, -0.25) is 0 Å². The molecule has 0 atom stereocenters. The molecule has 0 amide bonds. The third-order valence-electron chi connectivity index (χ3n) is 12.2. The lowest BCUT2D eigenvalue weighted by Crippen LogP contribution is -2.28. The molecule has 0 saturated carbocycles. The van der Waals surface area contributed by atoms with Gasteiger partial charge in [-0.15, -0.1) is 0 Å². The lowest BCUT2D eigenvalue weighted by molar-refractivity contribution is 0.660. The van der Waals surface area contributed by atoms with Crippen LogP contribution in [0.3, 0.4) is 0 Å². The predicted molar refractivity (Wildman–Crippen MR) is 229 cm³/mol. The summed E-state index contributed by atoms with van der Waals surface area (Å²) in [4.78, 5) is 15.9. The normalized spacial score (nSPS) is 14.2. The van der Waals surface area contributed by atoms with E-state index in [2.05, 4.69) is 202 Å². The van der Waals surface area contributed by atoms with Crippen LogP contribution in [0, 0.1) is 0 Å². The summed E-state index contributed by atoms with van der Waals surface area (Å²) in [6.45, 7) is 4.63. The maximum absolute atomic E-state index is 5.33. The summed E-state index contributed by atoms with van der Waals surface area (Å²) >= 11 is 0. The Morgan fingerprint density at radius 1 is 0.321 bits per heavy atom. The number of hydrogen-bond acceptors (Lipinski definition) is 3. The van der Waals surface area contributed by atoms with E-state index in [4.69, 9.17) is 15.0 Å². The van der Waals surface area contributed by atoms with Gasteiger partial charge in [0.2, 0.25) is 0 Å². The van der Waals surface area contributed by atoms with Crippen molar-refractivity contribution in [2.24, 2.45) is 0 Å². The SMILES string of the molecule is CC1(C)c2ccccc2-c2ccc(-c3nc(-c4ccc5c(c4)C(c4ccccc4)(c4ccccc4)c4ccccc4-5)nc(-c4ccc5ccccc5c4)n3)cc21. The van der Waals surface area contributed by atoms with Gasteiger partial charge < -0.3 is 0 Å². The van der Waals surface area contributed by atoms with Gasteiger partial charge in [0.15, 0.2) is 17.5 Å². The maximum Gasteiger partial charge on any atom is 0.164 e. The Hall–Kier alpha value is -6.97. The zero-order chi connectivity index (χ0) is 37.4. The minimum Gasteiger partial charge on any atom is -0.208 e. The summed E-state index contributed by atoms with van der Waals surface area (Å²) < 4.78 is 0. The third-order valence-corrected chi connectivity index (χ3v) is 12.2. The van der Waals surface area contributed by atoms with Crippen molar-refractivity contribution < 1.29 is 0 Å². The Bertz CT molecular complexity index is 2960. The summed E-state index contributed by atoms with van der Waals surface area (Å²) in [6, 6.07) is 67.9. The standard InChI is InChI=1S/C53H37N3/c1-52(2)45-23-13-11-21-41(45)43-29-27-37(32-47(43)52)50-54-49(36-26-25-34-15-9-10-16-35(34)31-36)55-51(56-50)38-28-30-44-42-22-12-14-24-46(42)53(48(44)33-38,39-17-5-3-6-18-39)40-19-7-4-8-20-40/h3-33H,1-2H3. The Balaban J connectivity index is 1.15. The van der Waals surface area contributed by atoms with Gasteiger partial charge in [0.1, 0.15) is 0 Å². The number of nitrogens with zero attached hydrogens (tertiary/aromatic N) is 3. The van der Waals surface area contributed by atoms with Crippen molar-refractivity contribution in [1.29, 1.82) is 0 Å². The summed E-state index contributed by atoms with van der Waals surface area (Å²) in [5.41, 5.74) is 14.8. The van der Waals surface area contributed by atoms with E-state index in [-0.39, 0.29) is 5.41 Å². The van der Waals surface area contributed by atoms with Crippen LogP contribution in [-0.4, -0.2) is 15.0 Å². The van der Waals surface area contributed by atoms with Crippen LogP contribution < -0.4 is 0 Å². The summed E-state index contributed by atoms with van der Waals surface area (Å²) in [7, 11) is 0. The molecule has 0 radical (unpaired) electrons. The average Bonchev–Trinajstić information content (AvgIpc) is 3.69. The van der Waals surface area contributed by atoms with Gasteiger partial charge in [-0.2, -0.15) is 0 Å². The number of fused-ring (bicyclic) bond motifs is 7. The van der Waals surface area contributed by atoms with Crippen molar-refractivity contribution in [1.82, 2.24) is 15.0 Å². The average molecular weight is 716 g/mol. The van der Waals surface area contributed by atoms with Gasteiger partial charge in [-0.05, 0) is 84.6 Å². The van der Waals surface area contributed by atoms with Crippen molar-refractivity contribution in [2.45, 2.75) is 24.7 Å². The quantitative estimate of drug-likeness (QED) is 0.178. The summed E-state index contributed by atoms with van der Waals surface area (Å²) in [6.07, 6.45) is 0. The van der Waals surface area contributed by atoms with E-state index in [1.165, 1.54) is 61.0 Å². The van der Waals surface area contributed by atoms with Crippen LogP contribution in [0.1, 0.15) is 47.2 Å². The monoisotopic (exact) mass is 715 g/mol. The van der Waals surface area contributed by atoms with Crippen molar-refractivity contribution in [3.05, 3.63) is 221 Å². The van der Waals surface area contributed by atoms with Crippen molar-refractivity contribution in [2.75, 3.05) is 0 Å². The van der Waals surface area contributed by atoms with E-state index < -0.39 is 5.41 Å². The third kappa shape index (κ3) is 4.74. The van der Waals surface area contributed by atoms with E-state index in [0.29, 0.717) is 17.5 Å². The van der Waals surface area contributed by atoms with E-state index in [0.717, 1.165) is 22.1 Å². The molecule has 1 aromatic heterocycles. The molecule has 8 aromatic carbocycles. The van der Waals surface area contributed by atoms with Crippen LogP contribution in [0.2, 0.25) is 0 Å². The van der Waals surface area contributed by atoms with Crippen molar-refractivity contribution in [3.8, 4) is 56.4 Å². The molecule has 0 spiro atoms. The fourth-order valence-electron chi connectivity index (χ4n) is 9.52. The van der Waals surface area contributed by atoms with Gasteiger partial charge in [0, 0.05) is 22.1 Å². The fraction of sp³-hybridized carbons (Fsp3) is 0.0755. The van der Waals surface area contributed by atoms with Crippen LogP contribution in [0.25, 0.3) is 67.2 Å².